The topological polar surface area (TPSA) is 72.7 Å². The molecule has 1 rings (SSSR count). The number of rotatable bonds is 3. The molecule has 0 unspecified atom stereocenters. The average molecular weight is 229 g/mol. The molecule has 0 spiro atoms. The molecule has 0 fully saturated rings. The van der Waals surface area contributed by atoms with Crippen molar-refractivity contribution in [3.05, 3.63) is 29.8 Å². The number of aliphatic imine (C=N–C) groups is 1. The summed E-state index contributed by atoms with van der Waals surface area (Å²) in [6, 6.07) is 6.60. The van der Waals surface area contributed by atoms with Crippen molar-refractivity contribution in [2.75, 3.05) is 0 Å². The van der Waals surface area contributed by atoms with E-state index in [1.165, 1.54) is 6.92 Å². The summed E-state index contributed by atoms with van der Waals surface area (Å²) in [6.45, 7) is 2.98. The normalized spacial score (nSPS) is 12.8. The quantitative estimate of drug-likeness (QED) is 0.381. The number of benzene rings is 1. The second-order valence-electron chi connectivity index (χ2n) is 3.28. The van der Waals surface area contributed by atoms with Crippen molar-refractivity contribution >= 4 is 17.6 Å². The van der Waals surface area contributed by atoms with Gasteiger partial charge in [-0.25, -0.2) is 0 Å². The monoisotopic (exact) mass is 229 g/mol. The molecule has 0 bridgehead atoms. The molecule has 1 aromatic carbocycles. The molecule has 0 aliphatic carbocycles. The Kier molecular flexibility index (Phi) is 6.33. The second-order valence-corrected chi connectivity index (χ2v) is 3.28. The molecule has 5 heteroatoms. The minimum absolute atomic E-state index is 0. The maximum absolute atomic E-state index is 10.7. The van der Waals surface area contributed by atoms with Gasteiger partial charge >= 0.3 is 35.5 Å². The van der Waals surface area contributed by atoms with Gasteiger partial charge in [0.15, 0.2) is 0 Å². The molecule has 0 aliphatic rings. The van der Waals surface area contributed by atoms with Crippen LogP contribution in [0, 0.1) is 0 Å². The zero-order valence-electron chi connectivity index (χ0n) is 9.60. The molecule has 0 aromatic heterocycles. The van der Waals surface area contributed by atoms with Crippen molar-refractivity contribution < 1.29 is 44.6 Å². The van der Waals surface area contributed by atoms with E-state index in [9.17, 15) is 9.90 Å². The molecule has 4 nitrogen and oxygen atoms in total. The average Bonchev–Trinajstić information content (AvgIpc) is 2.17. The van der Waals surface area contributed by atoms with Crippen LogP contribution in [0.25, 0.3) is 0 Å². The van der Waals surface area contributed by atoms with E-state index < -0.39 is 11.9 Å². The molecule has 1 atom stereocenters. The summed E-state index contributed by atoms with van der Waals surface area (Å²) < 4.78 is 0. The third kappa shape index (κ3) is 4.35. The van der Waals surface area contributed by atoms with Crippen molar-refractivity contribution in [2.45, 2.75) is 19.8 Å². The van der Waals surface area contributed by atoms with Crippen LogP contribution in [0.2, 0.25) is 0 Å². The minimum atomic E-state index is -0.869. The predicted molar refractivity (Wildman–Crippen MR) is 55.3 cm³/mol. The van der Waals surface area contributed by atoms with Crippen LogP contribution in [0.3, 0.4) is 0 Å². The molecular weight excluding hydrogens is 217 g/mol. The summed E-state index contributed by atoms with van der Waals surface area (Å²) in [5.74, 6) is -1.68. The van der Waals surface area contributed by atoms with Crippen LogP contribution in [0.5, 0.6) is 0 Å². The maximum atomic E-state index is 10.7. The molecule has 0 aliphatic heterocycles. The predicted octanol–water partition coefficient (Wildman–Crippen LogP) is -1.71. The summed E-state index contributed by atoms with van der Waals surface area (Å²) in [6.07, 6.45) is 0. The Balaban J connectivity index is 0.00000225. The smallest absolute Gasteiger partial charge is 0.862 e. The van der Waals surface area contributed by atoms with E-state index in [2.05, 4.69) is 4.99 Å². The Hall–Kier alpha value is -0.840. The van der Waals surface area contributed by atoms with Crippen LogP contribution in [-0.2, 0) is 4.79 Å². The van der Waals surface area contributed by atoms with E-state index >= 15 is 0 Å². The number of nitrogens with zero attached hydrogens (tertiary/aromatic N) is 1. The van der Waals surface area contributed by atoms with Crippen LogP contribution >= 0.6 is 0 Å². The van der Waals surface area contributed by atoms with Gasteiger partial charge in [-0.1, -0.05) is 12.1 Å². The van der Waals surface area contributed by atoms with E-state index in [1.54, 1.807) is 31.2 Å². The van der Waals surface area contributed by atoms with Crippen LogP contribution in [-0.4, -0.2) is 17.0 Å². The summed E-state index contributed by atoms with van der Waals surface area (Å²) in [4.78, 5) is 14.4. The molecule has 0 radical (unpaired) electrons. The SMILES string of the molecule is CC([O-])=Nc1ccc([C@H](C)C(=O)O)cc1.[Na+]. The Morgan fingerprint density at radius 3 is 2.25 bits per heavy atom. The van der Waals surface area contributed by atoms with Crippen LogP contribution in [0.15, 0.2) is 29.3 Å². The largest absolute Gasteiger partial charge is 1.00 e. The zero-order valence-corrected chi connectivity index (χ0v) is 11.6. The van der Waals surface area contributed by atoms with E-state index in [0.29, 0.717) is 11.3 Å². The molecule has 0 saturated heterocycles. The molecule has 0 amide bonds. The van der Waals surface area contributed by atoms with E-state index in [-0.39, 0.29) is 35.5 Å². The Labute approximate surface area is 116 Å². The number of aliphatic carboxylic acids is 1. The third-order valence-corrected chi connectivity index (χ3v) is 2.05. The summed E-state index contributed by atoms with van der Waals surface area (Å²) >= 11 is 0. The minimum Gasteiger partial charge on any atom is -0.862 e. The van der Waals surface area contributed by atoms with Crippen LogP contribution < -0.4 is 34.7 Å². The first-order chi connectivity index (χ1) is 7.00. The first-order valence-electron chi connectivity index (χ1n) is 4.56. The molecule has 0 saturated carbocycles. The van der Waals surface area contributed by atoms with Gasteiger partial charge in [-0.15, -0.1) is 0 Å². The van der Waals surface area contributed by atoms with Crippen molar-refractivity contribution in [1.29, 1.82) is 0 Å². The second kappa shape index (κ2) is 6.68. The molecular formula is C11H12NNaO3. The zero-order chi connectivity index (χ0) is 11.4. The Bertz CT molecular complexity index is 383. The van der Waals surface area contributed by atoms with Gasteiger partial charge in [-0.2, -0.15) is 0 Å². The van der Waals surface area contributed by atoms with Gasteiger partial charge in [0.25, 0.3) is 0 Å². The number of hydrogen-bond acceptors (Lipinski definition) is 3. The van der Waals surface area contributed by atoms with Crippen molar-refractivity contribution in [1.82, 2.24) is 0 Å². The van der Waals surface area contributed by atoms with Gasteiger partial charge in [0.2, 0.25) is 0 Å². The summed E-state index contributed by atoms with van der Waals surface area (Å²) in [5.41, 5.74) is 1.24. The fourth-order valence-electron chi connectivity index (χ4n) is 1.16. The first-order valence-corrected chi connectivity index (χ1v) is 4.56. The fraction of sp³-hybridized carbons (Fsp3) is 0.273. The van der Waals surface area contributed by atoms with E-state index in [0.717, 1.165) is 0 Å². The first kappa shape index (κ1) is 15.2. The van der Waals surface area contributed by atoms with Crippen molar-refractivity contribution in [3.63, 3.8) is 0 Å². The Morgan fingerprint density at radius 1 is 1.38 bits per heavy atom. The molecule has 80 valence electrons. The number of hydrogen-bond donors (Lipinski definition) is 1. The summed E-state index contributed by atoms with van der Waals surface area (Å²) in [7, 11) is 0. The number of carbonyl (C=O) groups is 1. The molecule has 1 aromatic rings. The Morgan fingerprint density at radius 2 is 1.88 bits per heavy atom. The number of carboxylic acid groups (broad SMARTS) is 1. The maximum Gasteiger partial charge on any atom is 1.00 e. The van der Waals surface area contributed by atoms with Gasteiger partial charge < -0.3 is 10.2 Å². The summed E-state index contributed by atoms with van der Waals surface area (Å²) in [5, 5.41) is 19.5. The fourth-order valence-corrected chi connectivity index (χ4v) is 1.16. The van der Waals surface area contributed by atoms with Gasteiger partial charge in [0.05, 0.1) is 11.6 Å². The van der Waals surface area contributed by atoms with E-state index in [4.69, 9.17) is 5.11 Å². The molecule has 0 heterocycles. The van der Waals surface area contributed by atoms with Gasteiger partial charge in [0.1, 0.15) is 0 Å². The van der Waals surface area contributed by atoms with Crippen molar-refractivity contribution in [2.24, 2.45) is 4.99 Å². The standard InChI is InChI=1S/C11H13NO3.Na/c1-7(11(14)15)9-3-5-10(6-4-9)12-8(2)13;/h3-7H,1-2H3,(H,12,13)(H,14,15);/q;+1/p-1/t7-;/m0./s1. The van der Waals surface area contributed by atoms with Gasteiger partial charge in [-0.3, -0.25) is 9.79 Å². The van der Waals surface area contributed by atoms with Gasteiger partial charge in [-0.05, 0) is 37.4 Å². The molecule has 16 heavy (non-hydrogen) atoms. The van der Waals surface area contributed by atoms with Crippen molar-refractivity contribution in [3.8, 4) is 0 Å². The van der Waals surface area contributed by atoms with E-state index in [1.807, 2.05) is 0 Å². The molecule has 1 N–H and O–H groups in total. The number of carboxylic acids is 1. The van der Waals surface area contributed by atoms with Gasteiger partial charge in [0, 0.05) is 0 Å². The van der Waals surface area contributed by atoms with Crippen LogP contribution in [0.1, 0.15) is 25.3 Å². The third-order valence-electron chi connectivity index (χ3n) is 2.05. The van der Waals surface area contributed by atoms with Crippen LogP contribution in [0.4, 0.5) is 5.69 Å².